The van der Waals surface area contributed by atoms with E-state index in [-0.39, 0.29) is 11.4 Å². The Morgan fingerprint density at radius 1 is 1.56 bits per heavy atom. The number of nitrogens with zero attached hydrogens (tertiary/aromatic N) is 3. The lowest BCUT2D eigenvalue weighted by Gasteiger charge is -2.04. The number of aromatic carboxylic acids is 1. The normalized spacial score (nSPS) is 10.3. The van der Waals surface area contributed by atoms with Crippen molar-refractivity contribution in [2.75, 3.05) is 0 Å². The second kappa shape index (κ2) is 4.79. The number of carbonyl (C=O) groups is 1. The van der Waals surface area contributed by atoms with Crippen molar-refractivity contribution < 1.29 is 14.3 Å². The van der Waals surface area contributed by atoms with Crippen LogP contribution in [-0.4, -0.2) is 26.1 Å². The number of carboxylic acid groups (broad SMARTS) is 1. The van der Waals surface area contributed by atoms with Crippen molar-refractivity contribution in [2.45, 2.75) is 6.54 Å². The fourth-order valence-electron chi connectivity index (χ4n) is 1.63. The molecular weight excluding hydrogens is 237 g/mol. The molecule has 0 radical (unpaired) electrons. The summed E-state index contributed by atoms with van der Waals surface area (Å²) >= 11 is 0. The molecule has 0 bridgehead atoms. The van der Waals surface area contributed by atoms with E-state index >= 15 is 0 Å². The lowest BCUT2D eigenvalue weighted by Crippen LogP contribution is -2.04. The van der Waals surface area contributed by atoms with Gasteiger partial charge >= 0.3 is 5.97 Å². The van der Waals surface area contributed by atoms with Crippen molar-refractivity contribution in [1.82, 2.24) is 15.0 Å². The monoisotopic (exact) mass is 247 g/mol. The van der Waals surface area contributed by atoms with Gasteiger partial charge in [0.15, 0.2) is 5.69 Å². The molecule has 2 rings (SSSR count). The van der Waals surface area contributed by atoms with Crippen molar-refractivity contribution >= 4 is 5.97 Å². The average molecular weight is 247 g/mol. The summed E-state index contributed by atoms with van der Waals surface area (Å²) in [6, 6.07) is 5.63. The summed E-state index contributed by atoms with van der Waals surface area (Å²) in [7, 11) is 0. The lowest BCUT2D eigenvalue weighted by molar-refractivity contribution is 0.0691. The number of allylic oxidation sites excluding steroid dienone is 1. The van der Waals surface area contributed by atoms with Crippen LogP contribution >= 0.6 is 0 Å². The third kappa shape index (κ3) is 2.13. The van der Waals surface area contributed by atoms with E-state index in [1.54, 1.807) is 12.1 Å². The topological polar surface area (TPSA) is 68.0 Å². The Hall–Kier alpha value is -2.50. The number of halogens is 1. The van der Waals surface area contributed by atoms with Crippen LogP contribution in [0.4, 0.5) is 4.39 Å². The first-order valence-corrected chi connectivity index (χ1v) is 5.17. The van der Waals surface area contributed by atoms with Crippen molar-refractivity contribution in [3.8, 4) is 11.3 Å². The van der Waals surface area contributed by atoms with Crippen molar-refractivity contribution in [1.29, 1.82) is 0 Å². The minimum Gasteiger partial charge on any atom is -0.476 e. The first kappa shape index (κ1) is 12.0. The second-order valence-electron chi connectivity index (χ2n) is 3.57. The number of benzene rings is 1. The van der Waals surface area contributed by atoms with Gasteiger partial charge in [0.1, 0.15) is 11.5 Å². The zero-order valence-electron chi connectivity index (χ0n) is 9.38. The first-order chi connectivity index (χ1) is 8.63. The zero-order valence-corrected chi connectivity index (χ0v) is 9.38. The molecule has 5 nitrogen and oxygen atoms in total. The highest BCUT2D eigenvalue weighted by Crippen LogP contribution is 2.23. The summed E-state index contributed by atoms with van der Waals surface area (Å²) in [6.45, 7) is 3.85. The summed E-state index contributed by atoms with van der Waals surface area (Å²) in [4.78, 5) is 11.1. The highest BCUT2D eigenvalue weighted by atomic mass is 19.1. The van der Waals surface area contributed by atoms with E-state index in [1.807, 2.05) is 0 Å². The van der Waals surface area contributed by atoms with Crippen molar-refractivity contribution in [3.63, 3.8) is 0 Å². The van der Waals surface area contributed by atoms with E-state index in [1.165, 1.54) is 22.9 Å². The molecule has 1 heterocycles. The molecule has 0 amide bonds. The van der Waals surface area contributed by atoms with E-state index in [0.717, 1.165) is 0 Å². The van der Waals surface area contributed by atoms with E-state index in [2.05, 4.69) is 16.9 Å². The zero-order chi connectivity index (χ0) is 13.1. The van der Waals surface area contributed by atoms with Gasteiger partial charge in [-0.3, -0.25) is 0 Å². The molecule has 0 aliphatic rings. The number of carboxylic acids is 1. The van der Waals surface area contributed by atoms with Crippen LogP contribution < -0.4 is 0 Å². The third-order valence-corrected chi connectivity index (χ3v) is 2.34. The standard InChI is InChI=1S/C12H10FN3O2/c1-2-6-16-11(10(12(17)18)14-15-16)8-4-3-5-9(13)7-8/h2-5,7H,1,6H2,(H,17,18). The van der Waals surface area contributed by atoms with Gasteiger partial charge in [0.25, 0.3) is 0 Å². The molecular formula is C12H10FN3O2. The molecule has 6 heteroatoms. The predicted octanol–water partition coefficient (Wildman–Crippen LogP) is 1.97. The lowest BCUT2D eigenvalue weighted by atomic mass is 10.1. The molecule has 0 aliphatic heterocycles. The van der Waals surface area contributed by atoms with E-state index in [0.29, 0.717) is 12.1 Å². The van der Waals surface area contributed by atoms with Gasteiger partial charge in [-0.05, 0) is 12.1 Å². The van der Waals surface area contributed by atoms with Gasteiger partial charge in [-0.15, -0.1) is 11.7 Å². The molecule has 2 aromatic rings. The van der Waals surface area contributed by atoms with Crippen LogP contribution in [-0.2, 0) is 6.54 Å². The minimum atomic E-state index is -1.20. The minimum absolute atomic E-state index is 0.206. The summed E-state index contributed by atoms with van der Waals surface area (Å²) in [5, 5.41) is 16.4. The maximum absolute atomic E-state index is 13.2. The highest BCUT2D eigenvalue weighted by molar-refractivity contribution is 5.92. The van der Waals surface area contributed by atoms with Crippen molar-refractivity contribution in [2.24, 2.45) is 0 Å². The first-order valence-electron chi connectivity index (χ1n) is 5.17. The van der Waals surface area contributed by atoms with Gasteiger partial charge < -0.3 is 5.11 Å². The third-order valence-electron chi connectivity index (χ3n) is 2.34. The number of rotatable bonds is 4. The second-order valence-corrected chi connectivity index (χ2v) is 3.57. The molecule has 1 N–H and O–H groups in total. The number of aromatic nitrogens is 3. The van der Waals surface area contributed by atoms with Crippen LogP contribution in [0.1, 0.15) is 10.5 Å². The Balaban J connectivity index is 2.62. The molecule has 0 spiro atoms. The molecule has 1 aromatic heterocycles. The summed E-state index contributed by atoms with van der Waals surface area (Å²) in [5.41, 5.74) is 0.476. The Morgan fingerprint density at radius 3 is 2.94 bits per heavy atom. The SMILES string of the molecule is C=CCn1nnc(C(=O)O)c1-c1cccc(F)c1. The van der Waals surface area contributed by atoms with Gasteiger partial charge in [-0.1, -0.05) is 23.4 Å². The molecule has 0 saturated carbocycles. The Labute approximate surface area is 102 Å². The fourth-order valence-corrected chi connectivity index (χ4v) is 1.63. The number of hydrogen-bond donors (Lipinski definition) is 1. The molecule has 0 aliphatic carbocycles. The molecule has 0 fully saturated rings. The smallest absolute Gasteiger partial charge is 0.358 e. The van der Waals surface area contributed by atoms with Crippen LogP contribution in [0.3, 0.4) is 0 Å². The quantitative estimate of drug-likeness (QED) is 0.839. The van der Waals surface area contributed by atoms with Gasteiger partial charge in [-0.2, -0.15) is 0 Å². The Morgan fingerprint density at radius 2 is 2.33 bits per heavy atom. The van der Waals surface area contributed by atoms with E-state index in [4.69, 9.17) is 5.11 Å². The van der Waals surface area contributed by atoms with Crippen LogP contribution in [0.5, 0.6) is 0 Å². The van der Waals surface area contributed by atoms with Crippen LogP contribution in [0.15, 0.2) is 36.9 Å². The average Bonchev–Trinajstić information content (AvgIpc) is 2.73. The highest BCUT2D eigenvalue weighted by Gasteiger charge is 2.20. The summed E-state index contributed by atoms with van der Waals surface area (Å²) in [6.07, 6.45) is 1.56. The maximum Gasteiger partial charge on any atom is 0.358 e. The molecule has 0 unspecified atom stereocenters. The molecule has 92 valence electrons. The van der Waals surface area contributed by atoms with Crippen LogP contribution in [0, 0.1) is 5.82 Å². The molecule has 0 atom stereocenters. The fraction of sp³-hybridized carbons (Fsp3) is 0.0833. The van der Waals surface area contributed by atoms with Crippen LogP contribution in [0.25, 0.3) is 11.3 Å². The summed E-state index contributed by atoms with van der Waals surface area (Å²) < 4.78 is 14.6. The number of hydrogen-bond acceptors (Lipinski definition) is 3. The van der Waals surface area contributed by atoms with Gasteiger partial charge in [0, 0.05) is 5.56 Å². The Kier molecular flexibility index (Phi) is 3.18. The summed E-state index contributed by atoms with van der Waals surface area (Å²) in [5.74, 6) is -1.65. The van der Waals surface area contributed by atoms with Gasteiger partial charge in [0.2, 0.25) is 0 Å². The predicted molar refractivity (Wildman–Crippen MR) is 62.6 cm³/mol. The Bertz CT molecular complexity index is 607. The maximum atomic E-state index is 13.2. The van der Waals surface area contributed by atoms with Gasteiger partial charge in [-0.25, -0.2) is 13.9 Å². The van der Waals surface area contributed by atoms with Gasteiger partial charge in [0.05, 0.1) is 6.54 Å². The van der Waals surface area contributed by atoms with Crippen molar-refractivity contribution in [3.05, 3.63) is 48.4 Å². The largest absolute Gasteiger partial charge is 0.476 e. The molecule has 0 saturated heterocycles. The van der Waals surface area contributed by atoms with Crippen LogP contribution in [0.2, 0.25) is 0 Å². The molecule has 1 aromatic carbocycles. The van der Waals surface area contributed by atoms with E-state index in [9.17, 15) is 9.18 Å². The molecule has 18 heavy (non-hydrogen) atoms. The van der Waals surface area contributed by atoms with E-state index < -0.39 is 11.8 Å².